The van der Waals surface area contributed by atoms with Crippen molar-refractivity contribution in [1.82, 2.24) is 9.78 Å². The molecule has 0 unspecified atom stereocenters. The topological polar surface area (TPSA) is 101 Å². The number of hydrogen-bond donors (Lipinski definition) is 2. The minimum atomic E-state index is -3.71. The largest absolute Gasteiger partial charge is 0.379 e. The molecule has 1 aromatic carbocycles. The molecular formula is C16H20FN3O4S. The summed E-state index contributed by atoms with van der Waals surface area (Å²) in [6.07, 6.45) is 0.959. The van der Waals surface area contributed by atoms with Gasteiger partial charge in [-0.15, -0.1) is 0 Å². The molecule has 2 N–H and O–H groups in total. The maximum absolute atomic E-state index is 15.0. The molecule has 1 heterocycles. The SMILES string of the molecule is Cc1[nH]n(C)c(=O)c1C(=O)c1ccc(S(C)(=O)=O)c(NC(C)C)c1F. The van der Waals surface area contributed by atoms with Crippen molar-refractivity contribution in [3.05, 3.63) is 45.1 Å². The molecule has 0 aliphatic heterocycles. The number of carbonyl (C=O) groups is 1. The number of anilines is 1. The van der Waals surface area contributed by atoms with Gasteiger partial charge in [-0.3, -0.25) is 19.4 Å². The number of aryl methyl sites for hydroxylation is 2. The lowest BCUT2D eigenvalue weighted by atomic mass is 10.0. The molecule has 1 aromatic heterocycles. The number of ketones is 1. The number of nitrogens with zero attached hydrogens (tertiary/aromatic N) is 1. The van der Waals surface area contributed by atoms with E-state index in [1.54, 1.807) is 13.8 Å². The van der Waals surface area contributed by atoms with Gasteiger partial charge in [-0.25, -0.2) is 12.8 Å². The number of aromatic amines is 1. The summed E-state index contributed by atoms with van der Waals surface area (Å²) in [5.41, 5.74) is -1.08. The van der Waals surface area contributed by atoms with E-state index in [1.807, 2.05) is 0 Å². The lowest BCUT2D eigenvalue weighted by Gasteiger charge is -2.16. The molecule has 0 amide bonds. The fourth-order valence-corrected chi connectivity index (χ4v) is 3.39. The Hall–Kier alpha value is -2.42. The van der Waals surface area contributed by atoms with Crippen LogP contribution < -0.4 is 10.9 Å². The Morgan fingerprint density at radius 3 is 2.36 bits per heavy atom. The van der Waals surface area contributed by atoms with Crippen LogP contribution >= 0.6 is 0 Å². The van der Waals surface area contributed by atoms with Crippen molar-refractivity contribution < 1.29 is 17.6 Å². The van der Waals surface area contributed by atoms with Gasteiger partial charge in [-0.05, 0) is 32.9 Å². The lowest BCUT2D eigenvalue weighted by Crippen LogP contribution is -2.21. The molecule has 0 bridgehead atoms. The summed E-state index contributed by atoms with van der Waals surface area (Å²) >= 11 is 0. The number of halogens is 1. The van der Waals surface area contributed by atoms with Gasteiger partial charge in [0.25, 0.3) is 5.56 Å². The maximum Gasteiger partial charge on any atom is 0.277 e. The lowest BCUT2D eigenvalue weighted by molar-refractivity contribution is 0.103. The number of hydrogen-bond acceptors (Lipinski definition) is 5. The summed E-state index contributed by atoms with van der Waals surface area (Å²) in [4.78, 5) is 24.5. The zero-order valence-corrected chi connectivity index (χ0v) is 15.4. The number of nitrogens with one attached hydrogen (secondary N) is 2. The van der Waals surface area contributed by atoms with E-state index in [-0.39, 0.29) is 27.8 Å². The Morgan fingerprint density at radius 1 is 1.32 bits per heavy atom. The first-order valence-electron chi connectivity index (χ1n) is 7.54. The normalized spacial score (nSPS) is 11.8. The molecule has 0 aliphatic rings. The molecule has 136 valence electrons. The monoisotopic (exact) mass is 369 g/mol. The van der Waals surface area contributed by atoms with Crippen molar-refractivity contribution >= 4 is 21.3 Å². The smallest absolute Gasteiger partial charge is 0.277 e. The zero-order valence-electron chi connectivity index (χ0n) is 14.6. The maximum atomic E-state index is 15.0. The Kier molecular flexibility index (Phi) is 4.90. The first-order valence-corrected chi connectivity index (χ1v) is 9.43. The highest BCUT2D eigenvalue weighted by molar-refractivity contribution is 7.90. The predicted octanol–water partition coefficient (Wildman–Crippen LogP) is 1.62. The number of carbonyl (C=O) groups excluding carboxylic acids is 1. The summed E-state index contributed by atoms with van der Waals surface area (Å²) in [6, 6.07) is 2.00. The van der Waals surface area contributed by atoms with Crippen molar-refractivity contribution in [3.8, 4) is 0 Å². The van der Waals surface area contributed by atoms with Crippen molar-refractivity contribution in [1.29, 1.82) is 0 Å². The first-order chi connectivity index (χ1) is 11.4. The molecule has 0 fully saturated rings. The third-order valence-corrected chi connectivity index (χ3v) is 4.78. The highest BCUT2D eigenvalue weighted by Gasteiger charge is 2.27. The second-order valence-corrected chi connectivity index (χ2v) is 8.16. The van der Waals surface area contributed by atoms with Crippen LogP contribution in [0.25, 0.3) is 0 Å². The summed E-state index contributed by atoms with van der Waals surface area (Å²) in [5, 5.41) is 5.41. The van der Waals surface area contributed by atoms with Crippen LogP contribution in [0, 0.1) is 12.7 Å². The van der Waals surface area contributed by atoms with Crippen LogP contribution in [0.3, 0.4) is 0 Å². The van der Waals surface area contributed by atoms with Crippen molar-refractivity contribution in [3.63, 3.8) is 0 Å². The van der Waals surface area contributed by atoms with Gasteiger partial charge in [0, 0.05) is 25.0 Å². The van der Waals surface area contributed by atoms with E-state index in [0.29, 0.717) is 5.69 Å². The van der Waals surface area contributed by atoms with E-state index >= 15 is 0 Å². The van der Waals surface area contributed by atoms with Gasteiger partial charge in [0.05, 0.1) is 16.1 Å². The second kappa shape index (κ2) is 6.47. The molecule has 0 aliphatic carbocycles. The average molecular weight is 369 g/mol. The number of rotatable bonds is 5. The van der Waals surface area contributed by atoms with Crippen LogP contribution in [0.15, 0.2) is 21.8 Å². The third-order valence-electron chi connectivity index (χ3n) is 3.64. The van der Waals surface area contributed by atoms with Gasteiger partial charge in [0.1, 0.15) is 5.56 Å². The summed E-state index contributed by atoms with van der Waals surface area (Å²) in [6.45, 7) is 4.96. The molecule has 0 radical (unpaired) electrons. The Labute approximate surface area is 144 Å². The number of benzene rings is 1. The van der Waals surface area contributed by atoms with Gasteiger partial charge < -0.3 is 5.32 Å². The van der Waals surface area contributed by atoms with Gasteiger partial charge in [0.2, 0.25) is 5.78 Å². The second-order valence-electron chi connectivity index (χ2n) is 6.18. The molecular weight excluding hydrogens is 349 g/mol. The Morgan fingerprint density at radius 2 is 1.92 bits per heavy atom. The van der Waals surface area contributed by atoms with Crippen LogP contribution in [-0.2, 0) is 16.9 Å². The van der Waals surface area contributed by atoms with Gasteiger partial charge in [0.15, 0.2) is 15.7 Å². The fourth-order valence-electron chi connectivity index (χ4n) is 2.55. The van der Waals surface area contributed by atoms with E-state index in [1.165, 1.54) is 20.0 Å². The van der Waals surface area contributed by atoms with Crippen LogP contribution in [0.5, 0.6) is 0 Å². The minimum absolute atomic E-state index is 0.177. The van der Waals surface area contributed by atoms with Crippen molar-refractivity contribution in [2.45, 2.75) is 31.7 Å². The molecule has 25 heavy (non-hydrogen) atoms. The number of sulfone groups is 1. The molecule has 2 rings (SSSR count). The fraction of sp³-hybridized carbons (Fsp3) is 0.375. The van der Waals surface area contributed by atoms with E-state index < -0.39 is 27.0 Å². The molecule has 2 aromatic rings. The minimum Gasteiger partial charge on any atom is -0.379 e. The molecule has 0 atom stereocenters. The van der Waals surface area contributed by atoms with E-state index in [9.17, 15) is 22.4 Å². The molecule has 0 saturated carbocycles. The van der Waals surface area contributed by atoms with E-state index in [0.717, 1.165) is 17.0 Å². The molecule has 7 nitrogen and oxygen atoms in total. The zero-order chi connectivity index (χ0) is 19.1. The highest BCUT2D eigenvalue weighted by Crippen LogP contribution is 2.29. The van der Waals surface area contributed by atoms with Crippen molar-refractivity contribution in [2.24, 2.45) is 7.05 Å². The quantitative estimate of drug-likeness (QED) is 0.780. The first kappa shape index (κ1) is 18.9. The third kappa shape index (κ3) is 3.51. The molecule has 0 saturated heterocycles. The van der Waals surface area contributed by atoms with Crippen LogP contribution in [0.1, 0.15) is 35.5 Å². The van der Waals surface area contributed by atoms with Crippen molar-refractivity contribution in [2.75, 3.05) is 11.6 Å². The summed E-state index contributed by atoms with van der Waals surface area (Å²) < 4.78 is 39.9. The molecule has 9 heteroatoms. The predicted molar refractivity (Wildman–Crippen MR) is 92.5 cm³/mol. The van der Waals surface area contributed by atoms with E-state index in [4.69, 9.17) is 0 Å². The van der Waals surface area contributed by atoms with Gasteiger partial charge in [-0.2, -0.15) is 0 Å². The van der Waals surface area contributed by atoms with Crippen LogP contribution in [-0.4, -0.2) is 36.3 Å². The van der Waals surface area contributed by atoms with Crippen LogP contribution in [0.2, 0.25) is 0 Å². The van der Waals surface area contributed by atoms with Gasteiger partial charge in [-0.1, -0.05) is 0 Å². The van der Waals surface area contributed by atoms with Gasteiger partial charge >= 0.3 is 0 Å². The van der Waals surface area contributed by atoms with E-state index in [2.05, 4.69) is 10.4 Å². The number of H-pyrrole nitrogens is 1. The Bertz CT molecular complexity index is 1000. The highest BCUT2D eigenvalue weighted by atomic mass is 32.2. The Balaban J connectivity index is 2.71. The average Bonchev–Trinajstić information content (AvgIpc) is 2.72. The summed E-state index contributed by atoms with van der Waals surface area (Å²) in [5.74, 6) is -1.80. The van der Waals surface area contributed by atoms with Crippen LogP contribution in [0.4, 0.5) is 10.1 Å². The molecule has 0 spiro atoms. The summed E-state index contributed by atoms with van der Waals surface area (Å²) in [7, 11) is -2.26. The number of aromatic nitrogens is 2. The standard InChI is InChI=1S/C16H20FN3O4S/c1-8(2)18-14-11(25(5,23)24)7-6-10(13(14)17)15(21)12-9(3)19-20(4)16(12)22/h6-8,18-19H,1-5H3.